The van der Waals surface area contributed by atoms with Crippen molar-refractivity contribution in [2.75, 3.05) is 6.54 Å². The first-order chi connectivity index (χ1) is 10.2. The molecular weight excluding hydrogens is 270 g/mol. The Labute approximate surface area is 121 Å². The third kappa shape index (κ3) is 3.09. The van der Waals surface area contributed by atoms with Gasteiger partial charge in [-0.2, -0.15) is 4.98 Å². The quantitative estimate of drug-likeness (QED) is 0.730. The summed E-state index contributed by atoms with van der Waals surface area (Å²) in [5.41, 5.74) is 7.12. The fourth-order valence-corrected chi connectivity index (χ4v) is 1.97. The summed E-state index contributed by atoms with van der Waals surface area (Å²) in [5.74, 6) is 1.20. The molecule has 2 aromatic heterocycles. The van der Waals surface area contributed by atoms with Crippen LogP contribution in [-0.2, 0) is 13.0 Å². The maximum atomic E-state index is 9.25. The average Bonchev–Trinajstić information content (AvgIpc) is 3.11. The first kappa shape index (κ1) is 13.3. The average molecular weight is 285 g/mol. The molecule has 0 unspecified atom stereocenters. The summed E-state index contributed by atoms with van der Waals surface area (Å²) in [6.45, 7) is 1.24. The minimum atomic E-state index is 0.234. The van der Waals surface area contributed by atoms with Crippen LogP contribution >= 0.6 is 0 Å². The number of nitrogens with two attached hydrogens (primary N) is 1. The van der Waals surface area contributed by atoms with Gasteiger partial charge in [0.2, 0.25) is 0 Å². The Balaban J connectivity index is 1.74. The van der Waals surface area contributed by atoms with E-state index in [4.69, 9.17) is 10.3 Å². The number of nitrogens with zero attached hydrogens (tertiary/aromatic N) is 4. The van der Waals surface area contributed by atoms with Crippen LogP contribution in [0.3, 0.4) is 0 Å². The highest BCUT2D eigenvalue weighted by molar-refractivity contribution is 5.44. The predicted molar refractivity (Wildman–Crippen MR) is 75.5 cm³/mol. The Morgan fingerprint density at radius 1 is 1.24 bits per heavy atom. The molecule has 2 heterocycles. The van der Waals surface area contributed by atoms with E-state index >= 15 is 0 Å². The van der Waals surface area contributed by atoms with Crippen molar-refractivity contribution in [1.29, 1.82) is 0 Å². The van der Waals surface area contributed by atoms with Crippen LogP contribution < -0.4 is 5.73 Å². The van der Waals surface area contributed by atoms with Gasteiger partial charge in [0.05, 0.1) is 6.33 Å². The van der Waals surface area contributed by atoms with Gasteiger partial charge >= 0.3 is 0 Å². The van der Waals surface area contributed by atoms with Crippen LogP contribution in [0.2, 0.25) is 0 Å². The van der Waals surface area contributed by atoms with Crippen molar-refractivity contribution >= 4 is 0 Å². The molecule has 0 aliphatic heterocycles. The van der Waals surface area contributed by atoms with E-state index in [1.165, 1.54) is 0 Å². The number of hydrogen-bond acceptors (Lipinski definition) is 6. The fraction of sp³-hybridized carbons (Fsp3) is 0.214. The van der Waals surface area contributed by atoms with E-state index in [2.05, 4.69) is 15.1 Å². The molecule has 0 radical (unpaired) electrons. The number of benzene rings is 1. The Bertz CT molecular complexity index is 717. The van der Waals surface area contributed by atoms with E-state index in [1.807, 2.05) is 22.9 Å². The van der Waals surface area contributed by atoms with Gasteiger partial charge in [-0.05, 0) is 17.7 Å². The summed E-state index contributed by atoms with van der Waals surface area (Å²) in [5, 5.41) is 13.2. The van der Waals surface area contributed by atoms with E-state index in [-0.39, 0.29) is 5.75 Å². The van der Waals surface area contributed by atoms with Gasteiger partial charge in [0.1, 0.15) is 11.4 Å². The lowest BCUT2D eigenvalue weighted by Gasteiger charge is -1.96. The second kappa shape index (κ2) is 5.76. The number of phenolic OH excluding ortho intramolecular Hbond substituents is 1. The second-order valence-corrected chi connectivity index (χ2v) is 4.64. The maximum absolute atomic E-state index is 9.25. The molecule has 0 aliphatic rings. The summed E-state index contributed by atoms with van der Waals surface area (Å²) in [6.07, 6.45) is 4.05. The number of aromatic nitrogens is 4. The minimum absolute atomic E-state index is 0.234. The Morgan fingerprint density at radius 2 is 2.05 bits per heavy atom. The fourth-order valence-electron chi connectivity index (χ4n) is 1.97. The zero-order valence-electron chi connectivity index (χ0n) is 11.3. The predicted octanol–water partition coefficient (Wildman–Crippen LogP) is 1.19. The van der Waals surface area contributed by atoms with E-state index in [1.54, 1.807) is 18.5 Å². The molecule has 3 aromatic rings. The molecule has 108 valence electrons. The van der Waals surface area contributed by atoms with Crippen molar-refractivity contribution in [3.63, 3.8) is 0 Å². The molecular formula is C14H15N5O2. The van der Waals surface area contributed by atoms with Gasteiger partial charge in [-0.25, -0.2) is 4.98 Å². The lowest BCUT2D eigenvalue weighted by atomic mass is 10.1. The summed E-state index contributed by atoms with van der Waals surface area (Å²) in [7, 11) is 0. The molecule has 0 spiro atoms. The van der Waals surface area contributed by atoms with E-state index in [9.17, 15) is 5.11 Å². The summed E-state index contributed by atoms with van der Waals surface area (Å²) in [4.78, 5) is 8.54. The largest absolute Gasteiger partial charge is 0.508 e. The number of hydrogen-bond donors (Lipinski definition) is 2. The zero-order chi connectivity index (χ0) is 14.7. The second-order valence-electron chi connectivity index (χ2n) is 4.64. The summed E-state index contributed by atoms with van der Waals surface area (Å²) in [6, 6.07) is 6.90. The lowest BCUT2D eigenvalue weighted by Crippen LogP contribution is -2.07. The molecule has 1 aromatic carbocycles. The molecule has 0 atom stereocenters. The smallest absolute Gasteiger partial charge is 0.278 e. The zero-order valence-corrected chi connectivity index (χ0v) is 11.3. The highest BCUT2D eigenvalue weighted by Gasteiger charge is 2.12. The van der Waals surface area contributed by atoms with Crippen molar-refractivity contribution in [1.82, 2.24) is 19.7 Å². The summed E-state index contributed by atoms with van der Waals surface area (Å²) >= 11 is 0. The van der Waals surface area contributed by atoms with Gasteiger partial charge in [-0.3, -0.25) is 0 Å². The Morgan fingerprint density at radius 3 is 2.81 bits per heavy atom. The lowest BCUT2D eigenvalue weighted by molar-refractivity contribution is 0.423. The Hall–Kier alpha value is -2.67. The van der Waals surface area contributed by atoms with Gasteiger partial charge in [0, 0.05) is 25.7 Å². The number of imidazole rings is 1. The van der Waals surface area contributed by atoms with Crippen molar-refractivity contribution in [2.24, 2.45) is 5.73 Å². The van der Waals surface area contributed by atoms with Crippen LogP contribution in [-0.4, -0.2) is 31.3 Å². The van der Waals surface area contributed by atoms with Crippen LogP contribution in [0.5, 0.6) is 5.75 Å². The molecule has 0 saturated heterocycles. The molecule has 0 aliphatic carbocycles. The number of aromatic hydroxyl groups is 1. The molecule has 3 N–H and O–H groups in total. The Kier molecular flexibility index (Phi) is 3.65. The monoisotopic (exact) mass is 285 g/mol. The topological polar surface area (TPSA) is 103 Å². The van der Waals surface area contributed by atoms with Gasteiger partial charge in [-0.15, -0.1) is 0 Å². The van der Waals surface area contributed by atoms with Crippen molar-refractivity contribution in [3.8, 4) is 17.3 Å². The SMILES string of the molecule is NCCn1cnc(-c2nc(Cc3ccc(O)cc3)no2)c1. The summed E-state index contributed by atoms with van der Waals surface area (Å²) < 4.78 is 7.09. The van der Waals surface area contributed by atoms with Crippen LogP contribution in [0.1, 0.15) is 11.4 Å². The van der Waals surface area contributed by atoms with Gasteiger partial charge in [0.25, 0.3) is 5.89 Å². The molecule has 0 bridgehead atoms. The maximum Gasteiger partial charge on any atom is 0.278 e. The van der Waals surface area contributed by atoms with Crippen LogP contribution in [0, 0.1) is 0 Å². The van der Waals surface area contributed by atoms with Gasteiger partial charge in [-0.1, -0.05) is 17.3 Å². The van der Waals surface area contributed by atoms with Crippen LogP contribution in [0.4, 0.5) is 0 Å². The first-order valence-corrected chi connectivity index (χ1v) is 6.57. The molecule has 3 rings (SSSR count). The van der Waals surface area contributed by atoms with Crippen molar-refractivity contribution in [3.05, 3.63) is 48.2 Å². The molecule has 0 saturated carbocycles. The number of phenols is 1. The van der Waals surface area contributed by atoms with Crippen LogP contribution in [0.25, 0.3) is 11.6 Å². The third-order valence-corrected chi connectivity index (χ3v) is 3.01. The molecule has 21 heavy (non-hydrogen) atoms. The van der Waals surface area contributed by atoms with Crippen molar-refractivity contribution < 1.29 is 9.63 Å². The van der Waals surface area contributed by atoms with E-state index in [0.29, 0.717) is 36.9 Å². The standard InChI is InChI=1S/C14H15N5O2/c15-5-6-19-8-12(16-9-19)14-17-13(18-21-14)7-10-1-3-11(20)4-2-10/h1-4,8-9,20H,5-7,15H2. The van der Waals surface area contributed by atoms with Gasteiger partial charge in [0.15, 0.2) is 5.82 Å². The van der Waals surface area contributed by atoms with Gasteiger partial charge < -0.3 is 19.9 Å². The highest BCUT2D eigenvalue weighted by Crippen LogP contribution is 2.17. The third-order valence-electron chi connectivity index (χ3n) is 3.01. The van der Waals surface area contributed by atoms with Crippen molar-refractivity contribution in [2.45, 2.75) is 13.0 Å². The van der Waals surface area contributed by atoms with Crippen LogP contribution in [0.15, 0.2) is 41.3 Å². The number of rotatable bonds is 5. The first-order valence-electron chi connectivity index (χ1n) is 6.57. The molecule has 0 fully saturated rings. The normalized spacial score (nSPS) is 10.9. The highest BCUT2D eigenvalue weighted by atomic mass is 16.5. The molecule has 7 nitrogen and oxygen atoms in total. The minimum Gasteiger partial charge on any atom is -0.508 e. The van der Waals surface area contributed by atoms with E-state index < -0.39 is 0 Å². The molecule has 7 heteroatoms. The molecule has 0 amide bonds. The van der Waals surface area contributed by atoms with E-state index in [0.717, 1.165) is 5.56 Å².